The van der Waals surface area contributed by atoms with E-state index in [1.54, 1.807) is 12.1 Å². The van der Waals surface area contributed by atoms with Crippen molar-refractivity contribution in [1.29, 1.82) is 0 Å². The molecule has 40 heavy (non-hydrogen) atoms. The van der Waals surface area contributed by atoms with Crippen molar-refractivity contribution in [2.75, 3.05) is 30.9 Å². The fraction of sp³-hybridized carbons (Fsp3) is 0.774. The fourth-order valence-electron chi connectivity index (χ4n) is 4.65. The molecule has 1 aromatic rings. The van der Waals surface area contributed by atoms with Gasteiger partial charge in [0.05, 0.1) is 25.6 Å². The van der Waals surface area contributed by atoms with Crippen LogP contribution in [0.3, 0.4) is 0 Å². The monoisotopic (exact) mass is 584 g/mol. The number of nitrogens with one attached hydrogen (secondary N) is 2. The molecule has 0 bridgehead atoms. The van der Waals surface area contributed by atoms with Crippen LogP contribution in [0.1, 0.15) is 130 Å². The number of unbranched alkanes of at least 4 members (excludes halogenated alkanes) is 15. The van der Waals surface area contributed by atoms with E-state index in [0.717, 1.165) is 19.3 Å². The van der Waals surface area contributed by atoms with Crippen molar-refractivity contribution < 1.29 is 27.4 Å². The number of sulfonamides is 1. The number of ether oxygens (including phenoxy) is 3. The normalized spacial score (nSPS) is 11.3. The zero-order chi connectivity index (χ0) is 29.5. The Morgan fingerprint density at radius 2 is 1.02 bits per heavy atom. The Bertz CT molecular complexity index is 880. The van der Waals surface area contributed by atoms with Crippen molar-refractivity contribution in [3.63, 3.8) is 0 Å². The van der Waals surface area contributed by atoms with Crippen molar-refractivity contribution in [2.45, 2.75) is 130 Å². The lowest BCUT2D eigenvalue weighted by atomic mass is 10.0. The minimum atomic E-state index is -3.76. The average molecular weight is 585 g/mol. The highest BCUT2D eigenvalue weighted by molar-refractivity contribution is 7.90. The lowest BCUT2D eigenvalue weighted by molar-refractivity contribution is 0.256. The molecule has 232 valence electrons. The van der Waals surface area contributed by atoms with Crippen LogP contribution in [0.2, 0.25) is 0 Å². The molecule has 9 heteroatoms. The smallest absolute Gasteiger partial charge is 0.333 e. The number of rotatable bonds is 25. The van der Waals surface area contributed by atoms with E-state index in [1.807, 2.05) is 20.8 Å². The van der Waals surface area contributed by atoms with Gasteiger partial charge in [0.25, 0.3) is 0 Å². The summed E-state index contributed by atoms with van der Waals surface area (Å²) in [5, 5.41) is 2.60. The zero-order valence-electron chi connectivity index (χ0n) is 25.7. The van der Waals surface area contributed by atoms with Crippen LogP contribution in [0.4, 0.5) is 10.5 Å². The van der Waals surface area contributed by atoms with E-state index < -0.39 is 16.1 Å². The Morgan fingerprint density at radius 1 is 0.625 bits per heavy atom. The van der Waals surface area contributed by atoms with E-state index >= 15 is 0 Å². The van der Waals surface area contributed by atoms with Gasteiger partial charge < -0.3 is 19.5 Å². The summed E-state index contributed by atoms with van der Waals surface area (Å²) in [6.07, 6.45) is 19.6. The highest BCUT2D eigenvalue weighted by Crippen LogP contribution is 2.39. The van der Waals surface area contributed by atoms with Gasteiger partial charge in [0.15, 0.2) is 0 Å². The van der Waals surface area contributed by atoms with Gasteiger partial charge in [-0.15, -0.1) is 0 Å². The van der Waals surface area contributed by atoms with E-state index in [9.17, 15) is 13.2 Å². The largest absolute Gasteiger partial charge is 0.494 e. The SMILES string of the molecule is CCCCCCCCCCCCCCCCCCS(=O)(=O)NC(=O)Nc1c(OCC)cc(OCC)cc1OCC. The minimum Gasteiger partial charge on any atom is -0.494 e. The van der Waals surface area contributed by atoms with Crippen LogP contribution in [-0.2, 0) is 10.0 Å². The van der Waals surface area contributed by atoms with Gasteiger partial charge in [-0.3, -0.25) is 0 Å². The van der Waals surface area contributed by atoms with Crippen molar-refractivity contribution >= 4 is 21.7 Å². The number of hydrogen-bond acceptors (Lipinski definition) is 6. The first kappa shape index (κ1) is 35.9. The highest BCUT2D eigenvalue weighted by atomic mass is 32.2. The molecule has 2 N–H and O–H groups in total. The predicted octanol–water partition coefficient (Wildman–Crippen LogP) is 8.60. The van der Waals surface area contributed by atoms with Gasteiger partial charge in [0.1, 0.15) is 22.9 Å². The molecule has 0 spiro atoms. The molecule has 0 atom stereocenters. The number of amides is 2. The molecule has 0 saturated heterocycles. The van der Waals surface area contributed by atoms with Gasteiger partial charge in [-0.2, -0.15) is 0 Å². The van der Waals surface area contributed by atoms with Crippen LogP contribution in [0.15, 0.2) is 12.1 Å². The first-order valence-corrected chi connectivity index (χ1v) is 17.4. The van der Waals surface area contributed by atoms with Gasteiger partial charge in [-0.25, -0.2) is 17.9 Å². The quantitative estimate of drug-likeness (QED) is 0.112. The maximum atomic E-state index is 12.6. The number of benzene rings is 1. The Kier molecular flexibility index (Phi) is 20.2. The van der Waals surface area contributed by atoms with Crippen LogP contribution in [0, 0.1) is 0 Å². The van der Waals surface area contributed by atoms with Crippen LogP contribution in [-0.4, -0.2) is 40.0 Å². The lowest BCUT2D eigenvalue weighted by Gasteiger charge is -2.18. The van der Waals surface area contributed by atoms with Crippen LogP contribution < -0.4 is 24.2 Å². The summed E-state index contributed by atoms with van der Waals surface area (Å²) in [7, 11) is -3.76. The van der Waals surface area contributed by atoms with Crippen LogP contribution in [0.25, 0.3) is 0 Å². The first-order valence-electron chi connectivity index (χ1n) is 15.7. The summed E-state index contributed by atoms with van der Waals surface area (Å²) in [5.41, 5.74) is 0.266. The van der Waals surface area contributed by atoms with E-state index in [0.29, 0.717) is 43.5 Å². The topological polar surface area (TPSA) is 103 Å². The molecule has 0 saturated carbocycles. The second-order valence-electron chi connectivity index (χ2n) is 10.3. The molecule has 0 aliphatic heterocycles. The Labute approximate surface area is 244 Å². The highest BCUT2D eigenvalue weighted by Gasteiger charge is 2.20. The van der Waals surface area contributed by atoms with E-state index in [-0.39, 0.29) is 11.4 Å². The average Bonchev–Trinajstić information content (AvgIpc) is 2.90. The fourth-order valence-corrected chi connectivity index (χ4v) is 5.67. The molecule has 0 aromatic heterocycles. The van der Waals surface area contributed by atoms with Crippen molar-refractivity contribution in [2.24, 2.45) is 0 Å². The van der Waals surface area contributed by atoms with Crippen molar-refractivity contribution in [1.82, 2.24) is 4.72 Å². The van der Waals surface area contributed by atoms with E-state index in [1.165, 1.54) is 77.0 Å². The van der Waals surface area contributed by atoms with Gasteiger partial charge in [-0.1, -0.05) is 103 Å². The molecule has 1 aromatic carbocycles. The summed E-state index contributed by atoms with van der Waals surface area (Å²) in [5.74, 6) is 1.15. The Morgan fingerprint density at radius 3 is 1.43 bits per heavy atom. The summed E-state index contributed by atoms with van der Waals surface area (Å²) >= 11 is 0. The summed E-state index contributed by atoms with van der Waals surface area (Å²) in [6.45, 7) is 8.94. The lowest BCUT2D eigenvalue weighted by Crippen LogP contribution is -2.36. The molecular weight excluding hydrogens is 528 g/mol. The van der Waals surface area contributed by atoms with Gasteiger partial charge >= 0.3 is 6.03 Å². The second-order valence-corrected chi connectivity index (χ2v) is 12.1. The third-order valence-corrected chi connectivity index (χ3v) is 8.03. The molecule has 8 nitrogen and oxygen atoms in total. The van der Waals surface area contributed by atoms with E-state index in [4.69, 9.17) is 14.2 Å². The van der Waals surface area contributed by atoms with Crippen LogP contribution >= 0.6 is 0 Å². The maximum absolute atomic E-state index is 12.6. The number of urea groups is 1. The minimum absolute atomic E-state index is 0.0845. The molecule has 0 aliphatic carbocycles. The number of anilines is 1. The van der Waals surface area contributed by atoms with Gasteiger partial charge in [-0.05, 0) is 27.2 Å². The molecular formula is C31H56N2O6S. The molecule has 0 fully saturated rings. The van der Waals surface area contributed by atoms with Crippen molar-refractivity contribution in [3.8, 4) is 17.2 Å². The van der Waals surface area contributed by atoms with Crippen LogP contribution in [0.5, 0.6) is 17.2 Å². The zero-order valence-corrected chi connectivity index (χ0v) is 26.5. The molecule has 0 unspecified atom stereocenters. The predicted molar refractivity (Wildman–Crippen MR) is 165 cm³/mol. The number of carbonyl (C=O) groups excluding carboxylic acids is 1. The molecule has 0 heterocycles. The van der Waals surface area contributed by atoms with E-state index in [2.05, 4.69) is 17.0 Å². The Hall–Kier alpha value is -2.16. The molecule has 2 amide bonds. The summed E-state index contributed by atoms with van der Waals surface area (Å²) < 4.78 is 44.0. The second kappa shape index (κ2) is 22.5. The third-order valence-electron chi connectivity index (χ3n) is 6.70. The molecule has 0 aliphatic rings. The first-order chi connectivity index (χ1) is 19.4. The summed E-state index contributed by atoms with van der Waals surface area (Å²) in [4.78, 5) is 12.6. The standard InChI is InChI=1S/C31H56N2O6S/c1-5-9-10-11-12-13-14-15-16-17-18-19-20-21-22-23-24-40(35,36)33-31(34)32-30-28(38-7-3)25-27(37-6-2)26-29(30)39-8-4/h25-26H,5-24H2,1-4H3,(H2,32,33,34). The third kappa shape index (κ3) is 16.8. The van der Waals surface area contributed by atoms with Gasteiger partial charge in [0, 0.05) is 12.1 Å². The molecule has 1 rings (SSSR count). The van der Waals surface area contributed by atoms with Crippen molar-refractivity contribution in [3.05, 3.63) is 12.1 Å². The summed E-state index contributed by atoms with van der Waals surface area (Å²) in [6, 6.07) is 2.45. The Balaban J connectivity index is 2.29. The molecule has 0 radical (unpaired) electrons. The number of hydrogen-bond donors (Lipinski definition) is 2. The number of carbonyl (C=O) groups is 1. The van der Waals surface area contributed by atoms with Gasteiger partial charge in [0.2, 0.25) is 10.0 Å². The maximum Gasteiger partial charge on any atom is 0.333 e.